The fourth-order valence-electron chi connectivity index (χ4n) is 3.47. The van der Waals surface area contributed by atoms with Crippen molar-refractivity contribution in [1.29, 1.82) is 0 Å². The third-order valence-corrected chi connectivity index (χ3v) is 5.73. The standard InChI is InChI=1S/C21H19F2IN6O/c1-11(28-20-15(8-24)19(25)26-10-27-20)18-17(12-3-2-4-13(22)7-12)21(31)30-9-14(23)5-6-16(30)29-18/h2-7,9-11,21,31H,8H2,1H3,(H3,25,26,27,28). The first-order valence-electron chi connectivity index (χ1n) is 9.41. The van der Waals surface area contributed by atoms with E-state index in [1.54, 1.807) is 12.1 Å². The van der Waals surface area contributed by atoms with Crippen molar-refractivity contribution in [2.24, 2.45) is 4.99 Å². The van der Waals surface area contributed by atoms with E-state index in [4.69, 9.17) is 5.73 Å². The minimum atomic E-state index is -1.26. The van der Waals surface area contributed by atoms with E-state index in [0.717, 1.165) is 11.8 Å². The van der Waals surface area contributed by atoms with Crippen molar-refractivity contribution in [3.63, 3.8) is 0 Å². The topological polar surface area (TPSA) is 99.7 Å². The van der Waals surface area contributed by atoms with Gasteiger partial charge in [0.1, 0.15) is 35.4 Å². The Labute approximate surface area is 191 Å². The van der Waals surface area contributed by atoms with E-state index >= 15 is 0 Å². The number of alkyl halides is 1. The molecule has 0 spiro atoms. The van der Waals surface area contributed by atoms with E-state index in [-0.39, 0.29) is 0 Å². The first-order valence-corrected chi connectivity index (χ1v) is 10.9. The van der Waals surface area contributed by atoms with Gasteiger partial charge in [0.15, 0.2) is 6.23 Å². The fourth-order valence-corrected chi connectivity index (χ4v) is 4.22. The largest absolute Gasteiger partial charge is 0.383 e. The number of fused-ring (bicyclic) bond motifs is 1. The van der Waals surface area contributed by atoms with Crippen molar-refractivity contribution in [2.45, 2.75) is 23.6 Å². The van der Waals surface area contributed by atoms with Crippen LogP contribution in [0.15, 0.2) is 65.5 Å². The first kappa shape index (κ1) is 21.4. The Balaban J connectivity index is 1.82. The maximum absolute atomic E-state index is 14.0. The van der Waals surface area contributed by atoms with Crippen LogP contribution in [0, 0.1) is 5.82 Å². The molecule has 3 heterocycles. The summed E-state index contributed by atoms with van der Waals surface area (Å²) in [6.45, 7) is 1.85. The molecule has 2 aliphatic heterocycles. The van der Waals surface area contributed by atoms with Crippen LogP contribution < -0.4 is 11.1 Å². The predicted octanol–water partition coefficient (Wildman–Crippen LogP) is 3.76. The van der Waals surface area contributed by atoms with E-state index in [9.17, 15) is 13.9 Å². The minimum absolute atomic E-state index is 0.362. The molecule has 1 aromatic heterocycles. The summed E-state index contributed by atoms with van der Waals surface area (Å²) < 4.78 is 28.4. The molecular formula is C21H19F2IN6O. The monoisotopic (exact) mass is 536 g/mol. The lowest BCUT2D eigenvalue weighted by Crippen LogP contribution is -2.42. The van der Waals surface area contributed by atoms with Gasteiger partial charge < -0.3 is 16.2 Å². The maximum Gasteiger partial charge on any atom is 0.160 e. The quantitative estimate of drug-likeness (QED) is 0.398. The van der Waals surface area contributed by atoms with Crippen LogP contribution in [0.1, 0.15) is 18.1 Å². The highest BCUT2D eigenvalue weighted by Crippen LogP contribution is 2.35. The molecule has 0 saturated heterocycles. The number of nitrogens with one attached hydrogen (secondary N) is 1. The number of hydrogen-bond donors (Lipinski definition) is 3. The van der Waals surface area contributed by atoms with Crippen LogP contribution in [0.3, 0.4) is 0 Å². The second kappa shape index (κ2) is 8.71. The summed E-state index contributed by atoms with van der Waals surface area (Å²) in [5.41, 5.74) is 7.99. The lowest BCUT2D eigenvalue weighted by atomic mass is 9.96. The molecule has 31 heavy (non-hydrogen) atoms. The summed E-state index contributed by atoms with van der Waals surface area (Å²) in [5, 5.41) is 14.4. The molecule has 2 unspecified atom stereocenters. The van der Waals surface area contributed by atoms with Crippen LogP contribution in [-0.2, 0) is 4.43 Å². The summed E-state index contributed by atoms with van der Waals surface area (Å²) in [5.74, 6) is 0.310. The summed E-state index contributed by atoms with van der Waals surface area (Å²) >= 11 is 2.17. The Hall–Kier alpha value is -2.86. The number of aliphatic imine (C=N–C) groups is 1. The van der Waals surface area contributed by atoms with Crippen molar-refractivity contribution in [2.75, 3.05) is 11.1 Å². The molecule has 1 aromatic carbocycles. The summed E-state index contributed by atoms with van der Waals surface area (Å²) in [6.07, 6.45) is 4.01. The van der Waals surface area contributed by atoms with Gasteiger partial charge in [0.25, 0.3) is 0 Å². The highest BCUT2D eigenvalue weighted by molar-refractivity contribution is 14.1. The molecule has 2 aliphatic rings. The molecular weight excluding hydrogens is 517 g/mol. The Morgan fingerprint density at radius 1 is 1.29 bits per heavy atom. The number of amidine groups is 1. The van der Waals surface area contributed by atoms with Crippen LogP contribution in [0.5, 0.6) is 0 Å². The van der Waals surface area contributed by atoms with Crippen LogP contribution in [-0.4, -0.2) is 38.1 Å². The average molecular weight is 536 g/mol. The van der Waals surface area contributed by atoms with Crippen LogP contribution in [0.25, 0.3) is 5.57 Å². The molecule has 160 valence electrons. The number of benzene rings is 1. The van der Waals surface area contributed by atoms with Crippen molar-refractivity contribution in [3.05, 3.63) is 77.4 Å². The molecule has 2 atom stereocenters. The van der Waals surface area contributed by atoms with Gasteiger partial charge in [-0.1, -0.05) is 34.7 Å². The highest BCUT2D eigenvalue weighted by atomic mass is 127. The number of hydrogen-bond acceptors (Lipinski definition) is 7. The number of halogens is 3. The van der Waals surface area contributed by atoms with E-state index in [1.165, 1.54) is 35.5 Å². The predicted molar refractivity (Wildman–Crippen MR) is 124 cm³/mol. The van der Waals surface area contributed by atoms with Gasteiger partial charge in [-0.3, -0.25) is 4.90 Å². The van der Waals surface area contributed by atoms with Gasteiger partial charge in [-0.15, -0.1) is 0 Å². The molecule has 4 N–H and O–H groups in total. The molecule has 7 nitrogen and oxygen atoms in total. The smallest absolute Gasteiger partial charge is 0.160 e. The van der Waals surface area contributed by atoms with Gasteiger partial charge in [0.05, 0.1) is 11.7 Å². The second-order valence-electron chi connectivity index (χ2n) is 6.99. The zero-order valence-corrected chi connectivity index (χ0v) is 18.6. The Kier molecular flexibility index (Phi) is 6.01. The number of aromatic nitrogens is 2. The summed E-state index contributed by atoms with van der Waals surface area (Å²) in [7, 11) is 0. The van der Waals surface area contributed by atoms with E-state index in [2.05, 4.69) is 42.9 Å². The Bertz CT molecular complexity index is 1150. The zero-order valence-electron chi connectivity index (χ0n) is 16.4. The van der Waals surface area contributed by atoms with Crippen molar-refractivity contribution >= 4 is 45.6 Å². The van der Waals surface area contributed by atoms with Crippen LogP contribution in [0.4, 0.5) is 20.4 Å². The lowest BCUT2D eigenvalue weighted by Gasteiger charge is -2.36. The van der Waals surface area contributed by atoms with Gasteiger partial charge in [-0.05, 0) is 36.8 Å². The van der Waals surface area contributed by atoms with E-state index < -0.39 is 23.9 Å². The van der Waals surface area contributed by atoms with Gasteiger partial charge >= 0.3 is 0 Å². The minimum Gasteiger partial charge on any atom is -0.383 e. The van der Waals surface area contributed by atoms with Crippen molar-refractivity contribution in [1.82, 2.24) is 14.9 Å². The Morgan fingerprint density at radius 2 is 2.10 bits per heavy atom. The number of nitrogens with two attached hydrogens (primary N) is 1. The van der Waals surface area contributed by atoms with E-state index in [1.807, 2.05) is 6.92 Å². The molecule has 0 bridgehead atoms. The van der Waals surface area contributed by atoms with Gasteiger partial charge in [-0.2, -0.15) is 0 Å². The zero-order chi connectivity index (χ0) is 22.1. The van der Waals surface area contributed by atoms with Crippen molar-refractivity contribution in [3.8, 4) is 0 Å². The van der Waals surface area contributed by atoms with Crippen LogP contribution in [0.2, 0.25) is 0 Å². The molecule has 4 rings (SSSR count). The number of aliphatic hydroxyl groups is 1. The number of allylic oxidation sites excluding steroid dienone is 2. The number of rotatable bonds is 5. The SMILES string of the molecule is CC(Nc1ncnc(N)c1CI)C1=C(c2cccc(F)c2)C(O)N2C=C(F)C=CC2=N1. The summed E-state index contributed by atoms with van der Waals surface area (Å²) in [6, 6.07) is 5.40. The number of anilines is 2. The third kappa shape index (κ3) is 4.17. The molecule has 2 aromatic rings. The van der Waals surface area contributed by atoms with Gasteiger partial charge in [0.2, 0.25) is 0 Å². The average Bonchev–Trinajstić information content (AvgIpc) is 2.74. The van der Waals surface area contributed by atoms with Gasteiger partial charge in [-0.25, -0.2) is 23.7 Å². The second-order valence-corrected chi connectivity index (χ2v) is 7.76. The molecule has 0 radical (unpaired) electrons. The number of nitrogen functional groups attached to an aromatic ring is 1. The molecule has 0 aliphatic carbocycles. The van der Waals surface area contributed by atoms with Crippen LogP contribution >= 0.6 is 22.6 Å². The molecule has 0 amide bonds. The number of nitrogens with zero attached hydrogens (tertiary/aromatic N) is 4. The highest BCUT2D eigenvalue weighted by Gasteiger charge is 2.33. The number of aliphatic hydroxyl groups excluding tert-OH is 1. The molecule has 0 fully saturated rings. The fraction of sp³-hybridized carbons (Fsp3) is 0.190. The third-order valence-electron chi connectivity index (χ3n) is 4.96. The molecule has 10 heteroatoms. The van der Waals surface area contributed by atoms with E-state index in [0.29, 0.717) is 38.7 Å². The molecule has 0 saturated carbocycles. The normalized spacial score (nSPS) is 19.0. The lowest BCUT2D eigenvalue weighted by molar-refractivity contribution is 0.133. The summed E-state index contributed by atoms with van der Waals surface area (Å²) in [4.78, 5) is 14.3. The maximum atomic E-state index is 14.0. The first-order chi connectivity index (χ1) is 14.9. The van der Waals surface area contributed by atoms with Gasteiger partial charge in [0, 0.05) is 21.8 Å². The van der Waals surface area contributed by atoms with Crippen molar-refractivity contribution < 1.29 is 13.9 Å². The Morgan fingerprint density at radius 3 is 2.84 bits per heavy atom.